The molecule has 58 valence electrons. The average Bonchev–Trinajstić information content (AvgIpc) is 1.80. The Bertz CT molecular complexity index is 157. The summed E-state index contributed by atoms with van der Waals surface area (Å²) in [6.07, 6.45) is -3.20. The van der Waals surface area contributed by atoms with Crippen LogP contribution in [0.5, 0.6) is 0 Å². The minimum atomic E-state index is -4.22. The molecule has 0 saturated heterocycles. The molecule has 0 aromatic rings. The van der Waals surface area contributed by atoms with E-state index in [1.165, 1.54) is 4.08 Å². The van der Waals surface area contributed by atoms with Crippen molar-refractivity contribution in [2.45, 2.75) is 6.18 Å². The molecule has 0 bridgehead atoms. The van der Waals surface area contributed by atoms with Crippen molar-refractivity contribution in [3.63, 3.8) is 0 Å². The molecule has 0 nitrogen and oxygen atoms in total. The van der Waals surface area contributed by atoms with Crippen molar-refractivity contribution in [2.24, 2.45) is 0 Å². The van der Waals surface area contributed by atoms with Gasteiger partial charge in [0.25, 0.3) is 0 Å². The fourth-order valence-electron chi connectivity index (χ4n) is 0.261. The molecule has 0 atom stereocenters. The molecule has 0 radical (unpaired) electrons. The Morgan fingerprint density at radius 2 is 1.70 bits per heavy atom. The van der Waals surface area contributed by atoms with E-state index in [9.17, 15) is 13.2 Å². The van der Waals surface area contributed by atoms with E-state index in [0.29, 0.717) is 0 Å². The second-order valence-corrected chi connectivity index (χ2v) is 2.70. The van der Waals surface area contributed by atoms with Crippen molar-refractivity contribution in [1.82, 2.24) is 0 Å². The maximum Gasteiger partial charge on any atom is 0.416 e. The predicted octanol–water partition coefficient (Wildman–Crippen LogP) is 3.82. The third-order valence-corrected chi connectivity index (χ3v) is 1.72. The van der Waals surface area contributed by atoms with Gasteiger partial charge >= 0.3 is 6.18 Å². The van der Waals surface area contributed by atoms with Crippen LogP contribution >= 0.6 is 45.2 Å². The first-order valence-corrected chi connectivity index (χ1v) is 4.66. The summed E-state index contributed by atoms with van der Waals surface area (Å²) >= 11 is 3.30. The molecule has 0 aromatic carbocycles. The standard InChI is InChI=1S/C5H3F3I2/c6-5(7,8)4(3-10)1-2-9/h1-3H/b2-1-,4-3+. The van der Waals surface area contributed by atoms with Gasteiger partial charge in [-0.05, 0) is 14.2 Å². The second kappa shape index (κ2) is 4.58. The van der Waals surface area contributed by atoms with Gasteiger partial charge in [0.2, 0.25) is 0 Å². The molecule has 0 saturated carbocycles. The van der Waals surface area contributed by atoms with Crippen molar-refractivity contribution < 1.29 is 13.2 Å². The molecule has 10 heavy (non-hydrogen) atoms. The molecule has 0 unspecified atom stereocenters. The molecule has 0 amide bonds. The zero-order valence-corrected chi connectivity index (χ0v) is 8.94. The Labute approximate surface area is 83.8 Å². The van der Waals surface area contributed by atoms with Gasteiger partial charge in [-0.3, -0.25) is 0 Å². The summed E-state index contributed by atoms with van der Waals surface area (Å²) in [6.45, 7) is 0. The van der Waals surface area contributed by atoms with Gasteiger partial charge in [-0.1, -0.05) is 45.2 Å². The molecular weight excluding hydrogens is 371 g/mol. The van der Waals surface area contributed by atoms with Crippen LogP contribution in [0.3, 0.4) is 0 Å². The minimum Gasteiger partial charge on any atom is -0.166 e. The third-order valence-electron chi connectivity index (χ3n) is 0.687. The molecule has 0 fully saturated rings. The Morgan fingerprint density at radius 3 is 1.80 bits per heavy atom. The van der Waals surface area contributed by atoms with E-state index in [0.717, 1.165) is 10.2 Å². The molecular formula is C5H3F3I2. The van der Waals surface area contributed by atoms with Crippen LogP contribution in [0.1, 0.15) is 0 Å². The van der Waals surface area contributed by atoms with Crippen molar-refractivity contribution in [3.8, 4) is 0 Å². The molecule has 0 aliphatic carbocycles. The Balaban J connectivity index is 4.39. The minimum absolute atomic E-state index is 0.623. The lowest BCUT2D eigenvalue weighted by Gasteiger charge is -2.04. The zero-order chi connectivity index (χ0) is 8.20. The van der Waals surface area contributed by atoms with E-state index in [1.54, 1.807) is 45.2 Å². The summed E-state index contributed by atoms with van der Waals surface area (Å²) in [6, 6.07) is 0. The van der Waals surface area contributed by atoms with Gasteiger partial charge in [0.1, 0.15) is 0 Å². The van der Waals surface area contributed by atoms with Crippen molar-refractivity contribution in [1.29, 1.82) is 0 Å². The average molecular weight is 374 g/mol. The summed E-state index contributed by atoms with van der Waals surface area (Å²) in [5.74, 6) is 0. The molecule has 0 heterocycles. The van der Waals surface area contributed by atoms with Gasteiger partial charge in [0.05, 0.1) is 5.57 Å². The number of alkyl halides is 3. The highest BCUT2D eigenvalue weighted by Gasteiger charge is 2.30. The summed E-state index contributed by atoms with van der Waals surface area (Å²) in [7, 11) is 0. The molecule has 0 spiro atoms. The summed E-state index contributed by atoms with van der Waals surface area (Å²) in [5, 5.41) is 0. The van der Waals surface area contributed by atoms with Crippen molar-refractivity contribution in [2.75, 3.05) is 0 Å². The van der Waals surface area contributed by atoms with Gasteiger partial charge in [-0.25, -0.2) is 0 Å². The zero-order valence-electron chi connectivity index (χ0n) is 4.62. The summed E-state index contributed by atoms with van der Waals surface area (Å²) < 4.78 is 37.7. The smallest absolute Gasteiger partial charge is 0.166 e. The predicted molar refractivity (Wildman–Crippen MR) is 51.3 cm³/mol. The van der Waals surface area contributed by atoms with Crippen LogP contribution in [0.25, 0.3) is 0 Å². The van der Waals surface area contributed by atoms with E-state index in [-0.39, 0.29) is 0 Å². The van der Waals surface area contributed by atoms with Gasteiger partial charge in [0.15, 0.2) is 0 Å². The Hall–Kier alpha value is 0.730. The first-order chi connectivity index (χ1) is 4.52. The normalized spacial score (nSPS) is 14.7. The molecule has 5 heteroatoms. The highest BCUT2D eigenvalue weighted by molar-refractivity contribution is 14.1. The van der Waals surface area contributed by atoms with Crippen LogP contribution in [0.4, 0.5) is 13.2 Å². The monoisotopic (exact) mass is 374 g/mol. The molecule has 0 aromatic heterocycles. The Morgan fingerprint density at radius 1 is 1.20 bits per heavy atom. The number of hydrogen-bond donors (Lipinski definition) is 0. The highest BCUT2D eigenvalue weighted by Crippen LogP contribution is 2.27. The topological polar surface area (TPSA) is 0 Å². The van der Waals surface area contributed by atoms with E-state index in [1.807, 2.05) is 0 Å². The number of halogens is 5. The van der Waals surface area contributed by atoms with Crippen LogP contribution in [0.2, 0.25) is 0 Å². The fourth-order valence-corrected chi connectivity index (χ4v) is 1.21. The highest BCUT2D eigenvalue weighted by atomic mass is 127. The lowest BCUT2D eigenvalue weighted by atomic mass is 10.3. The largest absolute Gasteiger partial charge is 0.416 e. The van der Waals surface area contributed by atoms with Gasteiger partial charge in [-0.15, -0.1) is 0 Å². The van der Waals surface area contributed by atoms with E-state index < -0.39 is 11.7 Å². The molecule has 0 rings (SSSR count). The lowest BCUT2D eigenvalue weighted by molar-refractivity contribution is -0.0878. The summed E-state index contributed by atoms with van der Waals surface area (Å²) in [5.41, 5.74) is -0.623. The van der Waals surface area contributed by atoms with Gasteiger partial charge in [0, 0.05) is 0 Å². The maximum absolute atomic E-state index is 11.8. The first kappa shape index (κ1) is 10.7. The number of rotatable bonds is 1. The van der Waals surface area contributed by atoms with Gasteiger partial charge in [-0.2, -0.15) is 13.2 Å². The van der Waals surface area contributed by atoms with E-state index in [2.05, 4.69) is 0 Å². The third kappa shape index (κ3) is 3.79. The van der Waals surface area contributed by atoms with Gasteiger partial charge < -0.3 is 0 Å². The fraction of sp³-hybridized carbons (Fsp3) is 0.200. The maximum atomic E-state index is 11.8. The second-order valence-electron chi connectivity index (χ2n) is 1.35. The van der Waals surface area contributed by atoms with E-state index in [4.69, 9.17) is 0 Å². The Kier molecular flexibility index (Phi) is 4.91. The SMILES string of the molecule is FC(F)(F)C(/C=C\I)=C/I. The summed E-state index contributed by atoms with van der Waals surface area (Å²) in [4.78, 5) is 0. The van der Waals surface area contributed by atoms with Crippen molar-refractivity contribution >= 4 is 45.2 Å². The first-order valence-electron chi connectivity index (χ1n) is 2.16. The van der Waals surface area contributed by atoms with E-state index >= 15 is 0 Å². The molecule has 0 N–H and O–H groups in total. The molecule has 0 aliphatic heterocycles. The van der Waals surface area contributed by atoms with Crippen LogP contribution in [-0.2, 0) is 0 Å². The lowest BCUT2D eigenvalue weighted by Crippen LogP contribution is -2.08. The number of allylic oxidation sites excluding steroid dienone is 2. The van der Waals surface area contributed by atoms with Crippen LogP contribution in [-0.4, -0.2) is 6.18 Å². The molecule has 0 aliphatic rings. The van der Waals surface area contributed by atoms with Crippen LogP contribution in [0, 0.1) is 0 Å². The van der Waals surface area contributed by atoms with Crippen LogP contribution in [0.15, 0.2) is 19.8 Å². The van der Waals surface area contributed by atoms with Crippen molar-refractivity contribution in [3.05, 3.63) is 19.8 Å². The number of hydrogen-bond acceptors (Lipinski definition) is 0. The van der Waals surface area contributed by atoms with Crippen LogP contribution < -0.4 is 0 Å². The quantitative estimate of drug-likeness (QED) is 0.484.